The molecule has 0 aromatic heterocycles. The van der Waals surface area contributed by atoms with E-state index in [1.807, 2.05) is 18.2 Å². The number of benzene rings is 2. The quantitative estimate of drug-likeness (QED) is 0.804. The molecule has 7 heteroatoms. The summed E-state index contributed by atoms with van der Waals surface area (Å²) in [5.74, 6) is -0.00220. The van der Waals surface area contributed by atoms with Crippen molar-refractivity contribution in [2.45, 2.75) is 19.3 Å². The van der Waals surface area contributed by atoms with E-state index < -0.39 is 5.92 Å². The second-order valence-electron chi connectivity index (χ2n) is 7.16. The summed E-state index contributed by atoms with van der Waals surface area (Å²) in [6.45, 7) is 0.947. The van der Waals surface area contributed by atoms with Gasteiger partial charge in [0.05, 0.1) is 18.7 Å². The first-order chi connectivity index (χ1) is 13.5. The van der Waals surface area contributed by atoms with Crippen LogP contribution in [0.25, 0.3) is 0 Å². The Morgan fingerprint density at radius 3 is 2.86 bits per heavy atom. The molecule has 4 rings (SSSR count). The van der Waals surface area contributed by atoms with Gasteiger partial charge in [-0.1, -0.05) is 17.7 Å². The van der Waals surface area contributed by atoms with Gasteiger partial charge in [-0.2, -0.15) is 0 Å². The third kappa shape index (κ3) is 3.18. The minimum atomic E-state index is -0.413. The summed E-state index contributed by atoms with van der Waals surface area (Å²) < 4.78 is 5.37. The van der Waals surface area contributed by atoms with Gasteiger partial charge in [0, 0.05) is 35.9 Å². The Morgan fingerprint density at radius 2 is 2.07 bits per heavy atom. The standard InChI is InChI=1S/C21H22ClN3O3/c1-28-19-8-7-14(22)11-18(19)25-12-13(10-20(25)26)21(27)24-9-3-4-15-16(23)5-2-6-17(15)24/h2,5-8,11,13H,3-4,9-10,12,23H2,1H3. The molecular weight excluding hydrogens is 378 g/mol. The lowest BCUT2D eigenvalue weighted by Gasteiger charge is -2.32. The van der Waals surface area contributed by atoms with Crippen molar-refractivity contribution in [1.29, 1.82) is 0 Å². The Hall–Kier alpha value is -2.73. The van der Waals surface area contributed by atoms with Gasteiger partial charge in [-0.15, -0.1) is 0 Å². The number of nitrogens with two attached hydrogens (primary N) is 1. The summed E-state index contributed by atoms with van der Waals surface area (Å²) >= 11 is 6.11. The molecule has 146 valence electrons. The van der Waals surface area contributed by atoms with Gasteiger partial charge in [0.25, 0.3) is 0 Å². The van der Waals surface area contributed by atoms with Crippen LogP contribution in [0, 0.1) is 5.92 Å². The van der Waals surface area contributed by atoms with Gasteiger partial charge in [-0.05, 0) is 48.7 Å². The average molecular weight is 400 g/mol. The van der Waals surface area contributed by atoms with Crippen LogP contribution in [-0.2, 0) is 16.0 Å². The van der Waals surface area contributed by atoms with Crippen molar-refractivity contribution in [2.75, 3.05) is 35.7 Å². The largest absolute Gasteiger partial charge is 0.495 e. The molecule has 0 spiro atoms. The summed E-state index contributed by atoms with van der Waals surface area (Å²) in [6.07, 6.45) is 1.89. The van der Waals surface area contributed by atoms with E-state index >= 15 is 0 Å². The van der Waals surface area contributed by atoms with Gasteiger partial charge in [-0.25, -0.2) is 0 Å². The number of carbonyl (C=O) groups is 2. The van der Waals surface area contributed by atoms with Gasteiger partial charge in [-0.3, -0.25) is 9.59 Å². The zero-order valence-electron chi connectivity index (χ0n) is 15.7. The lowest BCUT2D eigenvalue weighted by molar-refractivity contribution is -0.124. The van der Waals surface area contributed by atoms with Crippen LogP contribution in [-0.4, -0.2) is 32.0 Å². The van der Waals surface area contributed by atoms with E-state index in [-0.39, 0.29) is 18.2 Å². The summed E-state index contributed by atoms with van der Waals surface area (Å²) in [5, 5.41) is 0.513. The first-order valence-corrected chi connectivity index (χ1v) is 9.70. The monoisotopic (exact) mass is 399 g/mol. The molecule has 0 bridgehead atoms. The molecule has 2 aromatic carbocycles. The molecule has 2 N–H and O–H groups in total. The molecule has 2 amide bonds. The minimum Gasteiger partial charge on any atom is -0.495 e. The van der Waals surface area contributed by atoms with E-state index in [9.17, 15) is 9.59 Å². The fraction of sp³-hybridized carbons (Fsp3) is 0.333. The van der Waals surface area contributed by atoms with E-state index in [0.29, 0.717) is 35.2 Å². The van der Waals surface area contributed by atoms with E-state index in [1.165, 1.54) is 0 Å². The van der Waals surface area contributed by atoms with Gasteiger partial charge < -0.3 is 20.3 Å². The molecule has 2 aliphatic heterocycles. The minimum absolute atomic E-state index is 0.0385. The maximum atomic E-state index is 13.3. The van der Waals surface area contributed by atoms with Crippen LogP contribution in [0.1, 0.15) is 18.4 Å². The Balaban J connectivity index is 1.60. The van der Waals surface area contributed by atoms with Crippen molar-refractivity contribution in [2.24, 2.45) is 5.92 Å². The highest BCUT2D eigenvalue weighted by Gasteiger charge is 2.39. The predicted octanol–water partition coefficient (Wildman–Crippen LogP) is 3.26. The number of anilines is 3. The zero-order chi connectivity index (χ0) is 19.8. The molecule has 0 aliphatic carbocycles. The molecular formula is C21H22ClN3O3. The third-order valence-corrected chi connectivity index (χ3v) is 5.69. The lowest BCUT2D eigenvalue weighted by Crippen LogP contribution is -2.40. The molecule has 1 unspecified atom stereocenters. The van der Waals surface area contributed by atoms with Crippen LogP contribution in [0.2, 0.25) is 5.02 Å². The highest BCUT2D eigenvalue weighted by atomic mass is 35.5. The van der Waals surface area contributed by atoms with E-state index in [2.05, 4.69) is 0 Å². The molecule has 1 saturated heterocycles. The van der Waals surface area contributed by atoms with Crippen LogP contribution in [0.5, 0.6) is 5.75 Å². The van der Waals surface area contributed by atoms with Gasteiger partial charge >= 0.3 is 0 Å². The van der Waals surface area contributed by atoms with Crippen LogP contribution in [0.3, 0.4) is 0 Å². The highest BCUT2D eigenvalue weighted by Crippen LogP contribution is 2.37. The maximum absolute atomic E-state index is 13.3. The number of amides is 2. The lowest BCUT2D eigenvalue weighted by atomic mass is 9.97. The Kier molecular flexibility index (Phi) is 4.89. The number of methoxy groups -OCH3 is 1. The number of nitrogens with zero attached hydrogens (tertiary/aromatic N) is 2. The SMILES string of the molecule is COc1ccc(Cl)cc1N1CC(C(=O)N2CCCc3c(N)cccc32)CC1=O. The van der Waals surface area contributed by atoms with Crippen molar-refractivity contribution in [3.05, 3.63) is 47.0 Å². The number of fused-ring (bicyclic) bond motifs is 1. The number of halogens is 1. The van der Waals surface area contributed by atoms with Crippen LogP contribution < -0.4 is 20.3 Å². The fourth-order valence-corrected chi connectivity index (χ4v) is 4.25. The van der Waals surface area contributed by atoms with Gasteiger partial charge in [0.2, 0.25) is 11.8 Å². The van der Waals surface area contributed by atoms with E-state index in [4.69, 9.17) is 22.1 Å². The highest BCUT2D eigenvalue weighted by molar-refractivity contribution is 6.31. The second kappa shape index (κ2) is 7.36. The van der Waals surface area contributed by atoms with Crippen molar-refractivity contribution in [3.63, 3.8) is 0 Å². The maximum Gasteiger partial charge on any atom is 0.232 e. The van der Waals surface area contributed by atoms with Crippen molar-refractivity contribution >= 4 is 40.5 Å². The molecule has 6 nitrogen and oxygen atoms in total. The molecule has 0 saturated carbocycles. The topological polar surface area (TPSA) is 75.9 Å². The molecule has 2 aliphatic rings. The van der Waals surface area contributed by atoms with Crippen molar-refractivity contribution in [1.82, 2.24) is 0 Å². The Morgan fingerprint density at radius 1 is 1.25 bits per heavy atom. The summed E-state index contributed by atoms with van der Waals surface area (Å²) in [6, 6.07) is 10.8. The third-order valence-electron chi connectivity index (χ3n) is 5.46. The normalized spacial score (nSPS) is 18.9. The first kappa shape index (κ1) is 18.6. The van der Waals surface area contributed by atoms with Gasteiger partial charge in [0.15, 0.2) is 0 Å². The molecule has 2 heterocycles. The van der Waals surface area contributed by atoms with Crippen molar-refractivity contribution < 1.29 is 14.3 Å². The fourth-order valence-electron chi connectivity index (χ4n) is 4.08. The first-order valence-electron chi connectivity index (χ1n) is 9.32. The summed E-state index contributed by atoms with van der Waals surface area (Å²) in [4.78, 5) is 29.3. The number of hydrogen-bond donors (Lipinski definition) is 1. The van der Waals surface area contributed by atoms with Crippen LogP contribution in [0.15, 0.2) is 36.4 Å². The predicted molar refractivity (Wildman–Crippen MR) is 110 cm³/mol. The summed E-state index contributed by atoms with van der Waals surface area (Å²) in [5.41, 5.74) is 9.28. The van der Waals surface area contributed by atoms with E-state index in [0.717, 1.165) is 24.1 Å². The zero-order valence-corrected chi connectivity index (χ0v) is 16.4. The number of nitrogen functional groups attached to an aromatic ring is 1. The number of ether oxygens (including phenoxy) is 1. The van der Waals surface area contributed by atoms with E-state index in [1.54, 1.807) is 35.1 Å². The molecule has 1 atom stereocenters. The van der Waals surface area contributed by atoms with Gasteiger partial charge in [0.1, 0.15) is 5.75 Å². The second-order valence-corrected chi connectivity index (χ2v) is 7.60. The number of hydrogen-bond acceptors (Lipinski definition) is 4. The molecule has 2 aromatic rings. The number of carbonyl (C=O) groups excluding carboxylic acids is 2. The molecule has 1 fully saturated rings. The van der Waals surface area contributed by atoms with Crippen LogP contribution in [0.4, 0.5) is 17.1 Å². The molecule has 0 radical (unpaired) electrons. The summed E-state index contributed by atoms with van der Waals surface area (Å²) in [7, 11) is 1.55. The Labute approximate surface area is 168 Å². The van der Waals surface area contributed by atoms with Crippen LogP contribution >= 0.6 is 11.6 Å². The Bertz CT molecular complexity index is 946. The smallest absolute Gasteiger partial charge is 0.232 e. The molecule has 28 heavy (non-hydrogen) atoms. The average Bonchev–Trinajstić information content (AvgIpc) is 3.09. The number of rotatable bonds is 3. The van der Waals surface area contributed by atoms with Crippen molar-refractivity contribution in [3.8, 4) is 5.75 Å².